The molecule has 0 bridgehead atoms. The van der Waals surface area contributed by atoms with Crippen molar-refractivity contribution >= 4 is 39.2 Å². The van der Waals surface area contributed by atoms with Crippen LogP contribution in [0.2, 0.25) is 10.0 Å². The number of benzene rings is 2. The first-order chi connectivity index (χ1) is 16.9. The molecule has 2 aromatic rings. The third kappa shape index (κ3) is 8.97. The first-order valence-electron chi connectivity index (χ1n) is 11.5. The van der Waals surface area contributed by atoms with Crippen LogP contribution in [0.15, 0.2) is 42.5 Å². The van der Waals surface area contributed by atoms with Gasteiger partial charge in [0.05, 0.1) is 41.5 Å². The van der Waals surface area contributed by atoms with Crippen LogP contribution in [0.25, 0.3) is 0 Å². The molecule has 0 aromatic heterocycles. The minimum atomic E-state index is -3.56. The highest BCUT2D eigenvalue weighted by atomic mass is 35.5. The Bertz CT molecular complexity index is 1200. The van der Waals surface area contributed by atoms with Gasteiger partial charge in [-0.05, 0) is 62.1 Å². The Balaban J connectivity index is 0.00000145. The van der Waals surface area contributed by atoms with Gasteiger partial charge in [0.25, 0.3) is 10.1 Å². The van der Waals surface area contributed by atoms with Crippen LogP contribution < -0.4 is 4.74 Å². The van der Waals surface area contributed by atoms with Gasteiger partial charge in [0.2, 0.25) is 5.91 Å². The molecule has 0 radical (unpaired) electrons. The Kier molecular flexibility index (Phi) is 11.0. The van der Waals surface area contributed by atoms with Gasteiger partial charge in [0.15, 0.2) is 0 Å². The fourth-order valence-corrected chi connectivity index (χ4v) is 4.86. The average molecular weight is 556 g/mol. The lowest BCUT2D eigenvalue weighted by molar-refractivity contribution is -0.129. The van der Waals surface area contributed by atoms with Crippen molar-refractivity contribution in [3.8, 4) is 11.8 Å². The van der Waals surface area contributed by atoms with Crippen LogP contribution in [0, 0.1) is 11.3 Å². The van der Waals surface area contributed by atoms with Crippen LogP contribution in [0.1, 0.15) is 44.7 Å². The third-order valence-electron chi connectivity index (χ3n) is 5.74. The van der Waals surface area contributed by atoms with Gasteiger partial charge in [-0.25, -0.2) is 0 Å². The van der Waals surface area contributed by atoms with E-state index >= 15 is 0 Å². The molecule has 1 aliphatic rings. The van der Waals surface area contributed by atoms with Crippen molar-refractivity contribution in [3.05, 3.63) is 63.6 Å². The fourth-order valence-electron chi connectivity index (χ4n) is 4.17. The molecule has 1 saturated heterocycles. The summed E-state index contributed by atoms with van der Waals surface area (Å²) in [7, 11) is -3.56. The predicted molar refractivity (Wildman–Crippen MR) is 142 cm³/mol. The van der Waals surface area contributed by atoms with Gasteiger partial charge in [-0.1, -0.05) is 41.4 Å². The van der Waals surface area contributed by atoms with Crippen LogP contribution in [-0.4, -0.2) is 51.3 Å². The van der Waals surface area contributed by atoms with Crippen LogP contribution in [0.5, 0.6) is 5.75 Å². The van der Waals surface area contributed by atoms with Crippen LogP contribution in [0.3, 0.4) is 0 Å². The van der Waals surface area contributed by atoms with Crippen molar-refractivity contribution in [2.24, 2.45) is 0 Å². The van der Waals surface area contributed by atoms with Crippen molar-refractivity contribution in [1.29, 1.82) is 5.26 Å². The van der Waals surface area contributed by atoms with E-state index in [2.05, 4.69) is 0 Å². The molecule has 1 atom stereocenters. The SMILES string of the molecule is CC#N.CC(C)Oc1cccc(CC(=O)N2CC[C@](CCOS(C)(=O)=O)(c3ccc(Cl)c(Cl)c3)C2)c1. The van der Waals surface area contributed by atoms with Crippen LogP contribution in [0.4, 0.5) is 0 Å². The Hall–Kier alpha value is -2.31. The summed E-state index contributed by atoms with van der Waals surface area (Å²) in [4.78, 5) is 15.0. The number of hydrogen-bond acceptors (Lipinski definition) is 6. The lowest BCUT2D eigenvalue weighted by Gasteiger charge is -2.30. The largest absolute Gasteiger partial charge is 0.491 e. The average Bonchev–Trinajstić information content (AvgIpc) is 3.21. The van der Waals surface area contributed by atoms with Crippen molar-refractivity contribution in [2.75, 3.05) is 26.0 Å². The Morgan fingerprint density at radius 3 is 2.50 bits per heavy atom. The standard InChI is InChI=1S/C24H29Cl2NO5S.C2H3N/c1-17(2)32-20-6-4-5-18(13-20)14-23(28)27-11-9-24(16-27,10-12-31-33(3,29)30)19-7-8-21(25)22(26)15-19;1-2-3/h4-8,13,15,17H,9-12,14,16H2,1-3H3;1H3/t24-;/m1./s1. The number of carbonyl (C=O) groups excluding carboxylic acids is 1. The summed E-state index contributed by atoms with van der Waals surface area (Å²) in [5, 5.41) is 8.18. The van der Waals surface area contributed by atoms with E-state index in [0.717, 1.165) is 23.1 Å². The van der Waals surface area contributed by atoms with Gasteiger partial charge in [0, 0.05) is 25.4 Å². The maximum Gasteiger partial charge on any atom is 0.264 e. The minimum absolute atomic E-state index is 0.00247. The van der Waals surface area contributed by atoms with Crippen molar-refractivity contribution < 1.29 is 22.1 Å². The molecular formula is C26H32Cl2N2O5S. The highest BCUT2D eigenvalue weighted by Gasteiger charge is 2.41. The number of ether oxygens (including phenoxy) is 1. The molecule has 1 heterocycles. The number of nitriles is 1. The summed E-state index contributed by atoms with van der Waals surface area (Å²) in [5.74, 6) is 0.738. The molecule has 3 rings (SSSR count). The zero-order valence-electron chi connectivity index (χ0n) is 21.0. The van der Waals surface area contributed by atoms with E-state index in [4.69, 9.17) is 37.4 Å². The molecular weight excluding hydrogens is 523 g/mol. The molecule has 0 N–H and O–H groups in total. The summed E-state index contributed by atoms with van der Waals surface area (Å²) >= 11 is 12.4. The number of halogens is 2. The second kappa shape index (κ2) is 13.3. The van der Waals surface area contributed by atoms with Gasteiger partial charge in [-0.15, -0.1) is 0 Å². The van der Waals surface area contributed by atoms with Crippen LogP contribution in [-0.2, 0) is 30.9 Å². The first kappa shape index (κ1) is 29.9. The highest BCUT2D eigenvalue weighted by Crippen LogP contribution is 2.40. The maximum atomic E-state index is 13.1. The number of hydrogen-bond donors (Lipinski definition) is 0. The van der Waals surface area contributed by atoms with Gasteiger partial charge in [-0.2, -0.15) is 13.7 Å². The molecule has 10 heteroatoms. The Labute approximate surface area is 224 Å². The number of carbonyl (C=O) groups is 1. The topological polar surface area (TPSA) is 96.7 Å². The first-order valence-corrected chi connectivity index (χ1v) is 14.1. The maximum absolute atomic E-state index is 13.1. The smallest absolute Gasteiger partial charge is 0.264 e. The predicted octanol–water partition coefficient (Wildman–Crippen LogP) is 5.39. The Morgan fingerprint density at radius 2 is 1.89 bits per heavy atom. The van der Waals surface area contributed by atoms with E-state index in [0.29, 0.717) is 36.0 Å². The number of amides is 1. The molecule has 1 amide bonds. The zero-order valence-corrected chi connectivity index (χ0v) is 23.3. The summed E-state index contributed by atoms with van der Waals surface area (Å²) in [6, 6.07) is 14.7. The van der Waals surface area contributed by atoms with E-state index in [1.165, 1.54) is 6.92 Å². The highest BCUT2D eigenvalue weighted by molar-refractivity contribution is 7.85. The quantitative estimate of drug-likeness (QED) is 0.385. The second-order valence-corrected chi connectivity index (χ2v) is 11.4. The van der Waals surface area contributed by atoms with Gasteiger partial charge >= 0.3 is 0 Å². The van der Waals surface area contributed by atoms with E-state index < -0.39 is 15.5 Å². The van der Waals surface area contributed by atoms with Crippen molar-refractivity contribution in [3.63, 3.8) is 0 Å². The van der Waals surface area contributed by atoms with Crippen molar-refractivity contribution in [2.45, 2.75) is 51.6 Å². The summed E-state index contributed by atoms with van der Waals surface area (Å²) in [6.07, 6.45) is 2.43. The van der Waals surface area contributed by atoms with Crippen LogP contribution >= 0.6 is 23.2 Å². The minimum Gasteiger partial charge on any atom is -0.491 e. The fraction of sp³-hybridized carbons (Fsp3) is 0.462. The molecule has 0 aliphatic carbocycles. The number of likely N-dealkylation sites (tertiary alicyclic amines) is 1. The summed E-state index contributed by atoms with van der Waals surface area (Å²) in [5.41, 5.74) is 1.32. The molecule has 1 aliphatic heterocycles. The monoisotopic (exact) mass is 554 g/mol. The Morgan fingerprint density at radius 1 is 1.19 bits per heavy atom. The molecule has 36 heavy (non-hydrogen) atoms. The number of rotatable bonds is 9. The van der Waals surface area contributed by atoms with Gasteiger partial charge in [0.1, 0.15) is 5.75 Å². The van der Waals surface area contributed by atoms with E-state index in [1.54, 1.807) is 18.2 Å². The molecule has 0 saturated carbocycles. The van der Waals surface area contributed by atoms with Gasteiger partial charge in [-0.3, -0.25) is 8.98 Å². The van der Waals surface area contributed by atoms with E-state index in [-0.39, 0.29) is 25.0 Å². The van der Waals surface area contributed by atoms with Crippen molar-refractivity contribution in [1.82, 2.24) is 4.90 Å². The second-order valence-electron chi connectivity index (χ2n) is 8.97. The molecule has 0 spiro atoms. The summed E-state index contributed by atoms with van der Waals surface area (Å²) in [6.45, 7) is 6.37. The molecule has 0 unspecified atom stereocenters. The lowest BCUT2D eigenvalue weighted by Crippen LogP contribution is -2.36. The van der Waals surface area contributed by atoms with E-state index in [9.17, 15) is 13.2 Å². The lowest BCUT2D eigenvalue weighted by atomic mass is 9.77. The third-order valence-corrected chi connectivity index (χ3v) is 7.08. The van der Waals surface area contributed by atoms with Gasteiger partial charge < -0.3 is 9.64 Å². The number of nitrogens with zero attached hydrogens (tertiary/aromatic N) is 2. The summed E-state index contributed by atoms with van der Waals surface area (Å²) < 4.78 is 33.7. The molecule has 7 nitrogen and oxygen atoms in total. The molecule has 196 valence electrons. The van der Waals surface area contributed by atoms with E-state index in [1.807, 2.05) is 49.1 Å². The normalized spacial score (nSPS) is 17.3. The zero-order chi connectivity index (χ0) is 26.9. The molecule has 2 aromatic carbocycles. The molecule has 1 fully saturated rings.